The van der Waals surface area contributed by atoms with Crippen molar-refractivity contribution in [1.82, 2.24) is 9.97 Å². The molecule has 0 aliphatic carbocycles. The molecule has 0 saturated heterocycles. The molecule has 0 saturated carbocycles. The lowest BCUT2D eigenvalue weighted by Crippen LogP contribution is -1.98. The van der Waals surface area contributed by atoms with Crippen molar-refractivity contribution < 1.29 is 18.3 Å². The Labute approximate surface area is 236 Å². The fraction of sp³-hybridized carbons (Fsp3) is 0.412. The van der Waals surface area contributed by atoms with Crippen LogP contribution in [0.25, 0.3) is 45.1 Å². The zero-order valence-corrected chi connectivity index (χ0v) is 24.2. The van der Waals surface area contributed by atoms with E-state index in [4.69, 9.17) is 28.3 Å². The largest absolute Gasteiger partial charge is 0.493 e. The van der Waals surface area contributed by atoms with Crippen LogP contribution in [0.15, 0.2) is 57.4 Å². The van der Waals surface area contributed by atoms with Gasteiger partial charge in [-0.1, -0.05) is 52.4 Å². The summed E-state index contributed by atoms with van der Waals surface area (Å²) in [6, 6.07) is 15.9. The van der Waals surface area contributed by atoms with Crippen LogP contribution in [0, 0.1) is 13.8 Å². The first-order valence-corrected chi connectivity index (χ1v) is 14.7. The van der Waals surface area contributed by atoms with Gasteiger partial charge in [-0.25, -0.2) is 9.97 Å². The van der Waals surface area contributed by atoms with Crippen molar-refractivity contribution in [2.45, 2.75) is 79.1 Å². The first-order chi connectivity index (χ1) is 19.6. The molecule has 0 amide bonds. The maximum Gasteiger partial charge on any atom is 0.227 e. The molecule has 40 heavy (non-hydrogen) atoms. The minimum absolute atomic E-state index is 0.579. The summed E-state index contributed by atoms with van der Waals surface area (Å²) in [4.78, 5) is 9.46. The lowest BCUT2D eigenvalue weighted by molar-refractivity contribution is 0.303. The Morgan fingerprint density at radius 1 is 0.575 bits per heavy atom. The second kappa shape index (κ2) is 13.0. The molecule has 5 rings (SSSR count). The van der Waals surface area contributed by atoms with Crippen LogP contribution in [-0.4, -0.2) is 23.2 Å². The van der Waals surface area contributed by atoms with Gasteiger partial charge in [0, 0.05) is 23.3 Å². The van der Waals surface area contributed by atoms with Crippen LogP contribution >= 0.6 is 0 Å². The van der Waals surface area contributed by atoms with Gasteiger partial charge in [-0.15, -0.1) is 0 Å². The van der Waals surface area contributed by atoms with E-state index in [1.807, 2.05) is 48.5 Å². The molecule has 0 bridgehead atoms. The van der Waals surface area contributed by atoms with Gasteiger partial charge in [0.1, 0.15) is 22.5 Å². The zero-order chi connectivity index (χ0) is 27.9. The molecule has 5 aromatic rings. The van der Waals surface area contributed by atoms with Crippen LogP contribution in [0.2, 0.25) is 0 Å². The van der Waals surface area contributed by atoms with Crippen LogP contribution in [0.4, 0.5) is 0 Å². The summed E-state index contributed by atoms with van der Waals surface area (Å²) < 4.78 is 24.3. The Balaban J connectivity index is 1.29. The standard InChI is InChI=1S/C34H40N2O4/c1-5-7-9-11-17-37-29-21-31-27(19-23(29)3)35-33(39-31)25-13-15-26(16-14-25)34-36-28-20-24(4)30(22-32(28)40-34)38-18-12-10-8-6-2/h13-16,19-22H,5-12,17-18H2,1-4H3. The van der Waals surface area contributed by atoms with Crippen LogP contribution in [0.1, 0.15) is 76.3 Å². The smallest absolute Gasteiger partial charge is 0.227 e. The van der Waals surface area contributed by atoms with Crippen molar-refractivity contribution in [2.75, 3.05) is 13.2 Å². The van der Waals surface area contributed by atoms with Crippen molar-refractivity contribution in [1.29, 1.82) is 0 Å². The van der Waals surface area contributed by atoms with E-state index in [9.17, 15) is 0 Å². The predicted octanol–water partition coefficient (Wildman–Crippen LogP) is 9.84. The predicted molar refractivity (Wildman–Crippen MR) is 161 cm³/mol. The van der Waals surface area contributed by atoms with Crippen LogP contribution < -0.4 is 9.47 Å². The molecule has 0 unspecified atom stereocenters. The van der Waals surface area contributed by atoms with Crippen LogP contribution in [0.3, 0.4) is 0 Å². The van der Waals surface area contributed by atoms with E-state index in [-0.39, 0.29) is 0 Å². The van der Waals surface area contributed by atoms with Crippen molar-refractivity contribution in [2.24, 2.45) is 0 Å². The molecule has 6 nitrogen and oxygen atoms in total. The fourth-order valence-corrected chi connectivity index (χ4v) is 4.85. The van der Waals surface area contributed by atoms with Gasteiger partial charge in [-0.2, -0.15) is 0 Å². The van der Waals surface area contributed by atoms with E-state index < -0.39 is 0 Å². The highest BCUT2D eigenvalue weighted by molar-refractivity contribution is 5.81. The fourth-order valence-electron chi connectivity index (χ4n) is 4.85. The highest BCUT2D eigenvalue weighted by atomic mass is 16.5. The third-order valence-corrected chi connectivity index (χ3v) is 7.26. The minimum Gasteiger partial charge on any atom is -0.493 e. The minimum atomic E-state index is 0.579. The average Bonchev–Trinajstić information content (AvgIpc) is 3.56. The molecule has 2 heterocycles. The normalized spacial score (nSPS) is 11.5. The summed E-state index contributed by atoms with van der Waals surface area (Å²) in [7, 11) is 0. The van der Waals surface area contributed by atoms with E-state index >= 15 is 0 Å². The summed E-state index contributed by atoms with van der Waals surface area (Å²) >= 11 is 0. The third kappa shape index (κ3) is 6.49. The number of hydrogen-bond donors (Lipinski definition) is 0. The second-order valence-electron chi connectivity index (χ2n) is 10.6. The van der Waals surface area contributed by atoms with Gasteiger partial charge >= 0.3 is 0 Å². The molecule has 6 heteroatoms. The summed E-state index contributed by atoms with van der Waals surface area (Å²) in [5.74, 6) is 2.88. The molecule has 2 aromatic heterocycles. The molecule has 0 radical (unpaired) electrons. The highest BCUT2D eigenvalue weighted by Crippen LogP contribution is 2.33. The van der Waals surface area contributed by atoms with Crippen LogP contribution in [0.5, 0.6) is 11.5 Å². The molecule has 3 aromatic carbocycles. The first-order valence-electron chi connectivity index (χ1n) is 14.7. The Morgan fingerprint density at radius 3 is 1.40 bits per heavy atom. The number of aromatic nitrogens is 2. The Kier molecular flexibility index (Phi) is 9.04. The number of ether oxygens (including phenoxy) is 2. The zero-order valence-electron chi connectivity index (χ0n) is 24.2. The third-order valence-electron chi connectivity index (χ3n) is 7.26. The lowest BCUT2D eigenvalue weighted by atomic mass is 10.1. The second-order valence-corrected chi connectivity index (χ2v) is 10.6. The molecular weight excluding hydrogens is 500 g/mol. The summed E-state index contributed by atoms with van der Waals surface area (Å²) in [5, 5.41) is 0. The monoisotopic (exact) mass is 540 g/mol. The summed E-state index contributed by atoms with van der Waals surface area (Å²) in [6.07, 6.45) is 9.43. The van der Waals surface area contributed by atoms with Gasteiger partial charge in [0.15, 0.2) is 11.2 Å². The molecule has 0 aliphatic rings. The topological polar surface area (TPSA) is 70.5 Å². The van der Waals surface area contributed by atoms with Crippen molar-refractivity contribution in [3.8, 4) is 34.4 Å². The number of rotatable bonds is 14. The van der Waals surface area contributed by atoms with Gasteiger partial charge in [0.05, 0.1) is 13.2 Å². The number of nitrogens with zero attached hydrogens (tertiary/aromatic N) is 2. The highest BCUT2D eigenvalue weighted by Gasteiger charge is 2.15. The molecule has 0 N–H and O–H groups in total. The van der Waals surface area contributed by atoms with Gasteiger partial charge in [0.25, 0.3) is 0 Å². The van der Waals surface area contributed by atoms with E-state index in [1.165, 1.54) is 38.5 Å². The van der Waals surface area contributed by atoms with Crippen molar-refractivity contribution in [3.05, 3.63) is 59.7 Å². The number of aryl methyl sites for hydroxylation is 2. The average molecular weight is 541 g/mol. The summed E-state index contributed by atoms with van der Waals surface area (Å²) in [6.45, 7) is 9.97. The van der Waals surface area contributed by atoms with Gasteiger partial charge in [-0.3, -0.25) is 0 Å². The number of fused-ring (bicyclic) bond motifs is 2. The SMILES string of the molecule is CCCCCCOc1cc2oc(-c3ccc(-c4nc5cc(C)c(OCCCCCC)cc5o4)cc3)nc2cc1C. The molecule has 0 fully saturated rings. The Bertz CT molecular complexity index is 1430. The molecule has 210 valence electrons. The van der Waals surface area contributed by atoms with Gasteiger partial charge in [-0.05, 0) is 74.2 Å². The van der Waals surface area contributed by atoms with Crippen molar-refractivity contribution >= 4 is 22.2 Å². The first kappa shape index (κ1) is 27.8. The number of oxazole rings is 2. The molecule has 0 atom stereocenters. The van der Waals surface area contributed by atoms with E-state index in [0.717, 1.165) is 82.0 Å². The van der Waals surface area contributed by atoms with Gasteiger partial charge in [0.2, 0.25) is 11.8 Å². The number of benzene rings is 3. The van der Waals surface area contributed by atoms with E-state index in [1.54, 1.807) is 0 Å². The summed E-state index contributed by atoms with van der Waals surface area (Å²) in [5.41, 5.74) is 7.02. The number of unbranched alkanes of at least 4 members (excludes halogenated alkanes) is 6. The van der Waals surface area contributed by atoms with E-state index in [0.29, 0.717) is 11.8 Å². The maximum atomic E-state index is 6.12. The van der Waals surface area contributed by atoms with Gasteiger partial charge < -0.3 is 18.3 Å². The van der Waals surface area contributed by atoms with Crippen molar-refractivity contribution in [3.63, 3.8) is 0 Å². The van der Waals surface area contributed by atoms with Crippen LogP contribution in [-0.2, 0) is 0 Å². The van der Waals surface area contributed by atoms with E-state index in [2.05, 4.69) is 27.7 Å². The molecule has 0 aliphatic heterocycles. The number of hydrogen-bond acceptors (Lipinski definition) is 6. The Hall–Kier alpha value is -3.80. The lowest BCUT2D eigenvalue weighted by Gasteiger charge is -2.08. The molecular formula is C34H40N2O4. The molecule has 0 spiro atoms. The quantitative estimate of drug-likeness (QED) is 0.131. The Morgan fingerprint density at radius 2 is 1.00 bits per heavy atom. The maximum absolute atomic E-state index is 6.12.